The summed E-state index contributed by atoms with van der Waals surface area (Å²) in [7, 11) is 0. The minimum atomic E-state index is -0.693. The van der Waals surface area contributed by atoms with Crippen molar-refractivity contribution < 1.29 is 19.1 Å². The van der Waals surface area contributed by atoms with Gasteiger partial charge in [0.1, 0.15) is 16.9 Å². The highest BCUT2D eigenvalue weighted by Gasteiger charge is 2.10. The van der Waals surface area contributed by atoms with E-state index in [0.29, 0.717) is 22.2 Å². The van der Waals surface area contributed by atoms with Crippen LogP contribution in [0.3, 0.4) is 0 Å². The zero-order chi connectivity index (χ0) is 17.3. The molecule has 0 aliphatic rings. The predicted octanol–water partition coefficient (Wildman–Crippen LogP) is 1.57. The Morgan fingerprint density at radius 3 is 2.29 bits per heavy atom. The fraction of sp³-hybridized carbons (Fsp3) is 0. The van der Waals surface area contributed by atoms with E-state index in [0.717, 1.165) is 0 Å². The van der Waals surface area contributed by atoms with Crippen molar-refractivity contribution in [1.82, 2.24) is 0 Å². The van der Waals surface area contributed by atoms with E-state index in [-0.39, 0.29) is 16.9 Å². The summed E-state index contributed by atoms with van der Waals surface area (Å²) in [5.74, 6) is -1.22. The molecule has 0 saturated carbocycles. The molecule has 1 aromatic heterocycles. The zero-order valence-electron chi connectivity index (χ0n) is 12.4. The van der Waals surface area contributed by atoms with Crippen molar-refractivity contribution in [2.24, 2.45) is 16.5 Å². The minimum Gasteiger partial charge on any atom is -0.508 e. The summed E-state index contributed by atoms with van der Waals surface area (Å²) in [6.45, 7) is 0. The van der Waals surface area contributed by atoms with Gasteiger partial charge < -0.3 is 21.0 Å². The van der Waals surface area contributed by atoms with Crippen LogP contribution in [0.1, 0.15) is 20.7 Å². The fourth-order valence-corrected chi connectivity index (χ4v) is 2.18. The lowest BCUT2D eigenvalue weighted by molar-refractivity contribution is 0.0989. The monoisotopic (exact) mass is 323 g/mol. The third-order valence-electron chi connectivity index (χ3n) is 3.38. The first kappa shape index (κ1) is 15.3. The maximum atomic E-state index is 11.7. The smallest absolute Gasteiger partial charge is 0.254 e. The van der Waals surface area contributed by atoms with Crippen molar-refractivity contribution in [3.8, 4) is 5.75 Å². The molecule has 24 heavy (non-hydrogen) atoms. The van der Waals surface area contributed by atoms with E-state index in [9.17, 15) is 14.7 Å². The summed E-state index contributed by atoms with van der Waals surface area (Å²) >= 11 is 0. The highest BCUT2D eigenvalue weighted by molar-refractivity contribution is 5.95. The van der Waals surface area contributed by atoms with Crippen LogP contribution in [0, 0.1) is 0 Å². The van der Waals surface area contributed by atoms with Gasteiger partial charge in [0.25, 0.3) is 5.91 Å². The van der Waals surface area contributed by atoms with Gasteiger partial charge in [-0.3, -0.25) is 9.59 Å². The van der Waals surface area contributed by atoms with Crippen LogP contribution in [0.15, 0.2) is 57.9 Å². The molecule has 7 nitrogen and oxygen atoms in total. The van der Waals surface area contributed by atoms with Crippen molar-refractivity contribution in [3.05, 3.63) is 65.2 Å². The number of nitrogens with zero attached hydrogens (tertiary/aromatic N) is 1. The molecule has 0 bridgehead atoms. The Balaban J connectivity index is 2.20. The molecule has 5 N–H and O–H groups in total. The van der Waals surface area contributed by atoms with E-state index in [1.165, 1.54) is 30.3 Å². The van der Waals surface area contributed by atoms with Gasteiger partial charge in [0, 0.05) is 17.0 Å². The van der Waals surface area contributed by atoms with E-state index < -0.39 is 11.8 Å². The number of carbonyl (C=O) groups excluding carboxylic acids is 2. The lowest BCUT2D eigenvalue weighted by Gasteiger charge is -2.03. The molecule has 0 radical (unpaired) electrons. The third kappa shape index (κ3) is 2.95. The van der Waals surface area contributed by atoms with Crippen LogP contribution in [0.4, 0.5) is 5.69 Å². The van der Waals surface area contributed by atoms with Crippen LogP contribution in [0.2, 0.25) is 0 Å². The van der Waals surface area contributed by atoms with Gasteiger partial charge >= 0.3 is 0 Å². The number of rotatable bonds is 3. The quantitative estimate of drug-likeness (QED) is 0.674. The van der Waals surface area contributed by atoms with Crippen LogP contribution >= 0.6 is 0 Å². The fourth-order valence-electron chi connectivity index (χ4n) is 2.18. The second-order valence-electron chi connectivity index (χ2n) is 5.07. The number of primary amides is 2. The Bertz CT molecular complexity index is 1020. The van der Waals surface area contributed by atoms with Gasteiger partial charge in [-0.1, -0.05) is 0 Å². The van der Waals surface area contributed by atoms with Crippen LogP contribution in [0.25, 0.3) is 11.0 Å². The average molecular weight is 323 g/mol. The second kappa shape index (κ2) is 5.88. The summed E-state index contributed by atoms with van der Waals surface area (Å²) in [4.78, 5) is 27.0. The Labute approximate surface area is 135 Å². The highest BCUT2D eigenvalue weighted by atomic mass is 16.3. The summed E-state index contributed by atoms with van der Waals surface area (Å²) < 4.78 is 5.60. The van der Waals surface area contributed by atoms with Crippen molar-refractivity contribution in [3.63, 3.8) is 0 Å². The van der Waals surface area contributed by atoms with E-state index in [2.05, 4.69) is 4.99 Å². The topological polar surface area (TPSA) is 132 Å². The van der Waals surface area contributed by atoms with Crippen molar-refractivity contribution >= 4 is 28.5 Å². The predicted molar refractivity (Wildman–Crippen MR) is 86.6 cm³/mol. The molecule has 0 atom stereocenters. The molecule has 3 aromatic rings. The van der Waals surface area contributed by atoms with Gasteiger partial charge in [-0.2, -0.15) is 0 Å². The molecular formula is C17H13N3O4. The Hall–Kier alpha value is -3.61. The second-order valence-corrected chi connectivity index (χ2v) is 5.07. The summed E-state index contributed by atoms with van der Waals surface area (Å²) in [6, 6.07) is 12.2. The molecule has 0 aliphatic carbocycles. The number of aromatic hydroxyl groups is 1. The molecule has 0 spiro atoms. The van der Waals surface area contributed by atoms with Gasteiger partial charge in [0.15, 0.2) is 0 Å². The number of phenolic OH excluding ortho intramolecular Hbond substituents is 1. The molecule has 1 heterocycles. The van der Waals surface area contributed by atoms with Crippen LogP contribution < -0.4 is 17.0 Å². The van der Waals surface area contributed by atoms with E-state index in [4.69, 9.17) is 15.9 Å². The molecule has 3 rings (SSSR count). The van der Waals surface area contributed by atoms with Crippen LogP contribution in [-0.2, 0) is 0 Å². The first-order chi connectivity index (χ1) is 11.4. The highest BCUT2D eigenvalue weighted by Crippen LogP contribution is 2.20. The summed E-state index contributed by atoms with van der Waals surface area (Å²) in [5, 5.41) is 10.1. The van der Waals surface area contributed by atoms with Crippen molar-refractivity contribution in [2.75, 3.05) is 0 Å². The van der Waals surface area contributed by atoms with E-state index in [1.807, 2.05) is 0 Å². The number of carbonyl (C=O) groups is 2. The van der Waals surface area contributed by atoms with Crippen molar-refractivity contribution in [1.29, 1.82) is 0 Å². The van der Waals surface area contributed by atoms with E-state index in [1.54, 1.807) is 18.2 Å². The maximum absolute atomic E-state index is 11.7. The number of phenols is 1. The SMILES string of the molecule is NC(=O)c1ccc(N=c2oc3cc(O)ccc3cc2C(N)=O)cc1. The molecule has 0 fully saturated rings. The summed E-state index contributed by atoms with van der Waals surface area (Å²) in [5.41, 5.74) is 11.8. The first-order valence-corrected chi connectivity index (χ1v) is 6.95. The molecule has 0 aliphatic heterocycles. The lowest BCUT2D eigenvalue weighted by Crippen LogP contribution is -2.21. The molecule has 7 heteroatoms. The van der Waals surface area contributed by atoms with Gasteiger partial charge in [-0.05, 0) is 42.5 Å². The average Bonchev–Trinajstić information content (AvgIpc) is 2.54. The van der Waals surface area contributed by atoms with Crippen molar-refractivity contribution in [2.45, 2.75) is 0 Å². The zero-order valence-corrected chi connectivity index (χ0v) is 12.4. The Morgan fingerprint density at radius 1 is 0.958 bits per heavy atom. The maximum Gasteiger partial charge on any atom is 0.254 e. The third-order valence-corrected chi connectivity index (χ3v) is 3.38. The van der Waals surface area contributed by atoms with Crippen LogP contribution in [0.5, 0.6) is 5.75 Å². The number of fused-ring (bicyclic) bond motifs is 1. The number of hydrogen-bond donors (Lipinski definition) is 3. The lowest BCUT2D eigenvalue weighted by atomic mass is 10.1. The first-order valence-electron chi connectivity index (χ1n) is 6.95. The number of hydrogen-bond acceptors (Lipinski definition) is 5. The van der Waals surface area contributed by atoms with Gasteiger partial charge in [0.2, 0.25) is 11.5 Å². The molecular weight excluding hydrogens is 310 g/mol. The summed E-state index contributed by atoms with van der Waals surface area (Å²) in [6.07, 6.45) is 0. The normalized spacial score (nSPS) is 11.6. The largest absolute Gasteiger partial charge is 0.508 e. The van der Waals surface area contributed by atoms with Crippen LogP contribution in [-0.4, -0.2) is 16.9 Å². The minimum absolute atomic E-state index is 0.00688. The molecule has 0 unspecified atom stereocenters. The van der Waals surface area contributed by atoms with E-state index >= 15 is 0 Å². The Kier molecular flexibility index (Phi) is 3.75. The van der Waals surface area contributed by atoms with Gasteiger partial charge in [-0.25, -0.2) is 4.99 Å². The molecule has 0 saturated heterocycles. The number of amides is 2. The number of benzene rings is 2. The molecule has 120 valence electrons. The van der Waals surface area contributed by atoms with Gasteiger partial charge in [-0.15, -0.1) is 0 Å². The Morgan fingerprint density at radius 2 is 1.67 bits per heavy atom. The van der Waals surface area contributed by atoms with Gasteiger partial charge in [0.05, 0.1) is 5.69 Å². The molecule has 2 amide bonds. The number of nitrogens with two attached hydrogens (primary N) is 2. The standard InChI is InChI=1S/C17H13N3O4/c18-15(22)9-1-4-11(5-2-9)20-17-13(16(19)23)7-10-3-6-12(21)8-14(10)24-17/h1-8,21H,(H2,18,22)(H2,19,23). The molecule has 2 aromatic carbocycles.